The summed E-state index contributed by atoms with van der Waals surface area (Å²) in [5, 5.41) is 19.9. The summed E-state index contributed by atoms with van der Waals surface area (Å²) < 4.78 is 13.0. The highest BCUT2D eigenvalue weighted by atomic mass is 19.1. The molecule has 25 heavy (non-hydrogen) atoms. The Kier molecular flexibility index (Phi) is 5.83. The van der Waals surface area contributed by atoms with E-state index in [4.69, 9.17) is 5.11 Å². The number of halogens is 1. The largest absolute Gasteiger partial charge is 0.480 e. The Hall–Kier alpha value is -3.23. The highest BCUT2D eigenvalue weighted by molar-refractivity contribution is 5.88. The number of aromatic nitrogens is 2. The second-order valence-corrected chi connectivity index (χ2v) is 5.31. The third-order valence-corrected chi connectivity index (χ3v) is 3.41. The van der Waals surface area contributed by atoms with Gasteiger partial charge in [0.2, 0.25) is 11.8 Å². The zero-order valence-electron chi connectivity index (χ0n) is 13.4. The van der Waals surface area contributed by atoms with E-state index in [2.05, 4.69) is 20.8 Å². The number of hydrogen-bond donors (Lipinski definition) is 4. The minimum Gasteiger partial charge on any atom is -0.480 e. The molecule has 2 amide bonds. The van der Waals surface area contributed by atoms with Crippen LogP contribution in [0.2, 0.25) is 0 Å². The number of benzene rings is 1. The van der Waals surface area contributed by atoms with Gasteiger partial charge in [0.25, 0.3) is 0 Å². The van der Waals surface area contributed by atoms with Crippen LogP contribution in [0.1, 0.15) is 11.3 Å². The van der Waals surface area contributed by atoms with Crippen LogP contribution in [-0.4, -0.2) is 46.2 Å². The first-order chi connectivity index (χ1) is 11.9. The molecule has 2 rings (SSSR count). The van der Waals surface area contributed by atoms with E-state index in [-0.39, 0.29) is 18.8 Å². The summed E-state index contributed by atoms with van der Waals surface area (Å²) in [6.45, 7) is 0.918. The smallest absolute Gasteiger partial charge is 0.322 e. The Morgan fingerprint density at radius 3 is 2.40 bits per heavy atom. The summed E-state index contributed by atoms with van der Waals surface area (Å²) in [6.07, 6.45) is -0.0265. The van der Waals surface area contributed by atoms with Gasteiger partial charge in [-0.05, 0) is 31.2 Å². The number of carboxylic acid groups (broad SMARTS) is 1. The number of carbonyl (C=O) groups is 3. The van der Waals surface area contributed by atoms with Crippen molar-refractivity contribution < 1.29 is 23.9 Å². The highest BCUT2D eigenvalue weighted by Crippen LogP contribution is 2.24. The van der Waals surface area contributed by atoms with E-state index in [0.717, 1.165) is 0 Å². The number of aromatic amines is 1. The molecule has 0 bridgehead atoms. The number of rotatable bonds is 7. The SMILES string of the molecule is Cc1[nH]nc(-c2ccc(F)cc2)c1CC(=O)NCC(=O)NCC(=O)O. The molecule has 2 aromatic rings. The molecule has 132 valence electrons. The van der Waals surface area contributed by atoms with Gasteiger partial charge in [0.1, 0.15) is 12.4 Å². The molecule has 0 atom stereocenters. The summed E-state index contributed by atoms with van der Waals surface area (Å²) in [4.78, 5) is 33.8. The molecule has 1 heterocycles. The summed E-state index contributed by atoms with van der Waals surface area (Å²) in [5.41, 5.74) is 2.51. The molecular weight excluding hydrogens is 331 g/mol. The van der Waals surface area contributed by atoms with Crippen LogP contribution < -0.4 is 10.6 Å². The van der Waals surface area contributed by atoms with Crippen molar-refractivity contribution in [2.24, 2.45) is 0 Å². The van der Waals surface area contributed by atoms with Gasteiger partial charge >= 0.3 is 5.97 Å². The van der Waals surface area contributed by atoms with Crippen LogP contribution in [-0.2, 0) is 20.8 Å². The van der Waals surface area contributed by atoms with Crippen LogP contribution in [0.5, 0.6) is 0 Å². The van der Waals surface area contributed by atoms with E-state index in [9.17, 15) is 18.8 Å². The van der Waals surface area contributed by atoms with E-state index in [1.165, 1.54) is 12.1 Å². The number of hydrogen-bond acceptors (Lipinski definition) is 4. The lowest BCUT2D eigenvalue weighted by Gasteiger charge is -2.07. The molecule has 0 aliphatic rings. The molecule has 0 saturated carbocycles. The van der Waals surface area contributed by atoms with Crippen LogP contribution >= 0.6 is 0 Å². The number of amides is 2. The lowest BCUT2D eigenvalue weighted by molar-refractivity contribution is -0.137. The van der Waals surface area contributed by atoms with E-state index >= 15 is 0 Å². The van der Waals surface area contributed by atoms with Gasteiger partial charge in [0.05, 0.1) is 18.7 Å². The first-order valence-electron chi connectivity index (χ1n) is 7.41. The quantitative estimate of drug-likeness (QED) is 0.576. The van der Waals surface area contributed by atoms with E-state index in [1.807, 2.05) is 0 Å². The topological polar surface area (TPSA) is 124 Å². The molecule has 0 radical (unpaired) electrons. The monoisotopic (exact) mass is 348 g/mol. The summed E-state index contributed by atoms with van der Waals surface area (Å²) in [7, 11) is 0. The van der Waals surface area contributed by atoms with Crippen molar-refractivity contribution in [3.05, 3.63) is 41.3 Å². The zero-order valence-corrected chi connectivity index (χ0v) is 13.4. The molecule has 1 aromatic carbocycles. The molecule has 0 saturated heterocycles. The summed E-state index contributed by atoms with van der Waals surface area (Å²) in [5.74, 6) is -2.56. The molecule has 0 fully saturated rings. The van der Waals surface area contributed by atoms with Gasteiger partial charge in [0, 0.05) is 16.8 Å². The van der Waals surface area contributed by atoms with E-state index in [1.54, 1.807) is 19.1 Å². The van der Waals surface area contributed by atoms with Crippen molar-refractivity contribution in [1.82, 2.24) is 20.8 Å². The third kappa shape index (κ3) is 5.13. The fraction of sp³-hybridized carbons (Fsp3) is 0.250. The molecule has 0 unspecified atom stereocenters. The molecule has 0 aliphatic heterocycles. The number of nitrogens with one attached hydrogen (secondary N) is 3. The normalized spacial score (nSPS) is 10.3. The minimum absolute atomic E-state index is 0.0265. The fourth-order valence-corrected chi connectivity index (χ4v) is 2.15. The average Bonchev–Trinajstić information content (AvgIpc) is 2.92. The van der Waals surface area contributed by atoms with Crippen molar-refractivity contribution in [3.8, 4) is 11.3 Å². The van der Waals surface area contributed by atoms with Gasteiger partial charge in [-0.25, -0.2) is 4.39 Å². The first-order valence-corrected chi connectivity index (χ1v) is 7.41. The van der Waals surface area contributed by atoms with Crippen molar-refractivity contribution in [3.63, 3.8) is 0 Å². The van der Waals surface area contributed by atoms with Crippen molar-refractivity contribution >= 4 is 17.8 Å². The van der Waals surface area contributed by atoms with Gasteiger partial charge < -0.3 is 15.7 Å². The summed E-state index contributed by atoms with van der Waals surface area (Å²) >= 11 is 0. The lowest BCUT2D eigenvalue weighted by Crippen LogP contribution is -2.39. The second kappa shape index (κ2) is 8.04. The Morgan fingerprint density at radius 2 is 1.76 bits per heavy atom. The number of aliphatic carboxylic acids is 1. The molecule has 0 spiro atoms. The van der Waals surface area contributed by atoms with Gasteiger partial charge in [0.15, 0.2) is 0 Å². The number of carbonyl (C=O) groups excluding carboxylic acids is 2. The average molecular weight is 348 g/mol. The van der Waals surface area contributed by atoms with Crippen LogP contribution in [0.25, 0.3) is 11.3 Å². The highest BCUT2D eigenvalue weighted by Gasteiger charge is 2.16. The van der Waals surface area contributed by atoms with Crippen molar-refractivity contribution in [2.75, 3.05) is 13.1 Å². The lowest BCUT2D eigenvalue weighted by atomic mass is 10.0. The molecule has 4 N–H and O–H groups in total. The Bertz CT molecular complexity index is 786. The van der Waals surface area contributed by atoms with E-state index < -0.39 is 24.3 Å². The predicted molar refractivity (Wildman–Crippen MR) is 86.1 cm³/mol. The standard InChI is InChI=1S/C16H17FN4O4/c1-9-12(6-13(22)18-7-14(23)19-8-15(24)25)16(21-20-9)10-2-4-11(17)5-3-10/h2-5H,6-8H2,1H3,(H,18,22)(H,19,23)(H,20,21)(H,24,25). The first kappa shape index (κ1) is 18.1. The van der Waals surface area contributed by atoms with E-state index in [0.29, 0.717) is 22.5 Å². The number of nitrogens with zero attached hydrogens (tertiary/aromatic N) is 1. The number of H-pyrrole nitrogens is 1. The Morgan fingerprint density at radius 1 is 1.12 bits per heavy atom. The summed E-state index contributed by atoms with van der Waals surface area (Å²) in [6, 6.07) is 5.73. The number of aryl methyl sites for hydroxylation is 1. The molecular formula is C16H17FN4O4. The molecule has 9 heteroatoms. The maximum Gasteiger partial charge on any atom is 0.322 e. The Balaban J connectivity index is 1.99. The zero-order chi connectivity index (χ0) is 18.4. The molecule has 1 aromatic heterocycles. The van der Waals surface area contributed by atoms with Gasteiger partial charge in [-0.2, -0.15) is 5.10 Å². The van der Waals surface area contributed by atoms with Crippen LogP contribution in [0.3, 0.4) is 0 Å². The van der Waals surface area contributed by atoms with Gasteiger partial charge in [-0.15, -0.1) is 0 Å². The number of carboxylic acids is 1. The van der Waals surface area contributed by atoms with Crippen molar-refractivity contribution in [1.29, 1.82) is 0 Å². The third-order valence-electron chi connectivity index (χ3n) is 3.41. The molecule has 0 aliphatic carbocycles. The minimum atomic E-state index is -1.17. The van der Waals surface area contributed by atoms with Gasteiger partial charge in [-0.3, -0.25) is 19.5 Å². The van der Waals surface area contributed by atoms with Crippen LogP contribution in [0.4, 0.5) is 4.39 Å². The van der Waals surface area contributed by atoms with Gasteiger partial charge in [-0.1, -0.05) is 0 Å². The molecule has 8 nitrogen and oxygen atoms in total. The van der Waals surface area contributed by atoms with Crippen LogP contribution in [0, 0.1) is 12.7 Å². The second-order valence-electron chi connectivity index (χ2n) is 5.31. The van der Waals surface area contributed by atoms with Crippen molar-refractivity contribution in [2.45, 2.75) is 13.3 Å². The van der Waals surface area contributed by atoms with Crippen LogP contribution in [0.15, 0.2) is 24.3 Å². The fourth-order valence-electron chi connectivity index (χ4n) is 2.15. The Labute approximate surface area is 142 Å². The maximum atomic E-state index is 13.0. The maximum absolute atomic E-state index is 13.0. The predicted octanol–water partition coefficient (Wildman–Crippen LogP) is 0.384.